The third-order valence-electron chi connectivity index (χ3n) is 4.54. The number of halogens is 1. The first-order valence-electron chi connectivity index (χ1n) is 8.84. The number of aromatic nitrogens is 2. The van der Waals surface area contributed by atoms with Crippen LogP contribution in [0.4, 0.5) is 5.82 Å². The van der Waals surface area contributed by atoms with E-state index in [4.69, 9.17) is 11.6 Å². The maximum Gasteiger partial charge on any atom is 0.239 e. The Hall–Kier alpha value is -2.63. The van der Waals surface area contributed by atoms with E-state index < -0.39 is 0 Å². The Morgan fingerprint density at radius 2 is 1.96 bits per heavy atom. The Balaban J connectivity index is 1.61. The molecule has 0 saturated heterocycles. The third-order valence-corrected chi connectivity index (χ3v) is 4.78. The highest BCUT2D eigenvalue weighted by Crippen LogP contribution is 2.18. The van der Waals surface area contributed by atoms with Gasteiger partial charge < -0.3 is 5.32 Å². The van der Waals surface area contributed by atoms with Gasteiger partial charge in [0.1, 0.15) is 5.82 Å². The number of benzene rings is 2. The monoisotopic (exact) mass is 382 g/mol. The first-order valence-corrected chi connectivity index (χ1v) is 9.22. The average molecular weight is 383 g/mol. The minimum atomic E-state index is -0.0758. The van der Waals surface area contributed by atoms with E-state index in [-0.39, 0.29) is 11.9 Å². The Kier molecular flexibility index (Phi) is 6.27. The summed E-state index contributed by atoms with van der Waals surface area (Å²) < 4.78 is 1.75. The van der Waals surface area contributed by atoms with Crippen LogP contribution in [-0.4, -0.2) is 34.2 Å². The second-order valence-corrected chi connectivity index (χ2v) is 6.99. The summed E-state index contributed by atoms with van der Waals surface area (Å²) in [7, 11) is 1.94. The van der Waals surface area contributed by atoms with Crippen LogP contribution in [0.2, 0.25) is 5.02 Å². The van der Waals surface area contributed by atoms with Gasteiger partial charge in [-0.15, -0.1) is 0 Å². The van der Waals surface area contributed by atoms with Crippen molar-refractivity contribution in [1.29, 1.82) is 0 Å². The van der Waals surface area contributed by atoms with Crippen LogP contribution in [0.3, 0.4) is 0 Å². The molecule has 0 aliphatic carbocycles. The van der Waals surface area contributed by atoms with Crippen molar-refractivity contribution in [2.75, 3.05) is 18.9 Å². The molecular formula is C21H23ClN4O. The van der Waals surface area contributed by atoms with Crippen LogP contribution >= 0.6 is 11.6 Å². The Bertz CT molecular complexity index is 894. The molecule has 0 bridgehead atoms. The van der Waals surface area contributed by atoms with Crippen molar-refractivity contribution in [3.05, 3.63) is 83.0 Å². The lowest BCUT2D eigenvalue weighted by Gasteiger charge is -2.24. The van der Waals surface area contributed by atoms with Crippen molar-refractivity contribution in [1.82, 2.24) is 14.7 Å². The summed E-state index contributed by atoms with van der Waals surface area (Å²) in [4.78, 5) is 14.5. The molecule has 1 heterocycles. The van der Waals surface area contributed by atoms with Crippen molar-refractivity contribution in [3.8, 4) is 0 Å². The van der Waals surface area contributed by atoms with Gasteiger partial charge in [0.15, 0.2) is 0 Å². The first kappa shape index (κ1) is 19.1. The lowest BCUT2D eigenvalue weighted by atomic mass is 10.1. The van der Waals surface area contributed by atoms with Crippen LogP contribution in [0.25, 0.3) is 0 Å². The number of rotatable bonds is 7. The van der Waals surface area contributed by atoms with Crippen LogP contribution in [0.1, 0.15) is 24.1 Å². The summed E-state index contributed by atoms with van der Waals surface area (Å²) in [6.07, 6.45) is 1.68. The fourth-order valence-electron chi connectivity index (χ4n) is 2.90. The van der Waals surface area contributed by atoms with E-state index >= 15 is 0 Å². The quantitative estimate of drug-likeness (QED) is 0.665. The standard InChI is InChI=1S/C21H23ClN4O/c1-16(18-8-4-3-5-9-18)25(2)15-21(27)24-20-11-12-23-26(20)14-17-7-6-10-19(22)13-17/h3-13,16H,14-15H2,1-2H3,(H,24,27). The number of amides is 1. The molecule has 0 saturated carbocycles. The number of anilines is 1. The molecule has 1 atom stereocenters. The van der Waals surface area contributed by atoms with Crippen molar-refractivity contribution >= 4 is 23.3 Å². The molecule has 1 unspecified atom stereocenters. The molecule has 0 aliphatic heterocycles. The topological polar surface area (TPSA) is 50.2 Å². The number of hydrogen-bond acceptors (Lipinski definition) is 3. The molecule has 3 aromatic rings. The normalized spacial score (nSPS) is 12.1. The van der Waals surface area contributed by atoms with Gasteiger partial charge in [-0.1, -0.05) is 54.1 Å². The number of likely N-dealkylation sites (N-methyl/N-ethyl adjacent to an activating group) is 1. The highest BCUT2D eigenvalue weighted by molar-refractivity contribution is 6.30. The Morgan fingerprint density at radius 3 is 2.70 bits per heavy atom. The number of carbonyl (C=O) groups excluding carboxylic acids is 1. The molecule has 0 aliphatic rings. The lowest BCUT2D eigenvalue weighted by Crippen LogP contribution is -2.32. The zero-order chi connectivity index (χ0) is 19.2. The van der Waals surface area contributed by atoms with Gasteiger partial charge in [0.25, 0.3) is 0 Å². The van der Waals surface area contributed by atoms with Crippen LogP contribution in [0.15, 0.2) is 66.9 Å². The van der Waals surface area contributed by atoms with Crippen molar-refractivity contribution in [3.63, 3.8) is 0 Å². The van der Waals surface area contributed by atoms with Crippen LogP contribution in [-0.2, 0) is 11.3 Å². The van der Waals surface area contributed by atoms with Crippen LogP contribution < -0.4 is 5.32 Å². The number of nitrogens with zero attached hydrogens (tertiary/aromatic N) is 3. The molecule has 3 rings (SSSR count). The van der Waals surface area contributed by atoms with E-state index in [0.29, 0.717) is 23.9 Å². The summed E-state index contributed by atoms with van der Waals surface area (Å²) in [6, 6.07) is 19.7. The zero-order valence-electron chi connectivity index (χ0n) is 15.5. The van der Waals surface area contributed by atoms with E-state index in [1.54, 1.807) is 16.9 Å². The molecule has 6 heteroatoms. The van der Waals surface area contributed by atoms with E-state index in [1.165, 1.54) is 5.56 Å². The van der Waals surface area contributed by atoms with E-state index in [0.717, 1.165) is 5.56 Å². The second kappa shape index (κ2) is 8.84. The summed E-state index contributed by atoms with van der Waals surface area (Å²) in [5.41, 5.74) is 2.20. The van der Waals surface area contributed by atoms with Gasteiger partial charge >= 0.3 is 0 Å². The maximum absolute atomic E-state index is 12.5. The van der Waals surface area contributed by atoms with Crippen LogP contribution in [0.5, 0.6) is 0 Å². The second-order valence-electron chi connectivity index (χ2n) is 6.55. The molecule has 0 spiro atoms. The Labute approximate surface area is 164 Å². The van der Waals surface area contributed by atoms with Crippen molar-refractivity contribution in [2.45, 2.75) is 19.5 Å². The number of carbonyl (C=O) groups is 1. The number of nitrogens with one attached hydrogen (secondary N) is 1. The highest BCUT2D eigenvalue weighted by atomic mass is 35.5. The molecule has 5 nitrogen and oxygen atoms in total. The number of hydrogen-bond donors (Lipinski definition) is 1. The third kappa shape index (κ3) is 5.18. The predicted octanol–water partition coefficient (Wildman–Crippen LogP) is 4.22. The molecule has 1 aromatic heterocycles. The van der Waals surface area contributed by atoms with Crippen molar-refractivity contribution < 1.29 is 4.79 Å². The maximum atomic E-state index is 12.5. The summed E-state index contributed by atoms with van der Waals surface area (Å²) in [5, 5.41) is 7.93. The summed E-state index contributed by atoms with van der Waals surface area (Å²) in [5.74, 6) is 0.592. The summed E-state index contributed by atoms with van der Waals surface area (Å²) >= 11 is 6.04. The van der Waals surface area contributed by atoms with Gasteiger partial charge in [-0.25, -0.2) is 4.68 Å². The lowest BCUT2D eigenvalue weighted by molar-refractivity contribution is -0.117. The minimum absolute atomic E-state index is 0.0758. The zero-order valence-corrected chi connectivity index (χ0v) is 16.2. The van der Waals surface area contributed by atoms with Crippen molar-refractivity contribution in [2.24, 2.45) is 0 Å². The predicted molar refractivity (Wildman–Crippen MR) is 109 cm³/mol. The first-order chi connectivity index (χ1) is 13.0. The summed E-state index contributed by atoms with van der Waals surface area (Å²) in [6.45, 7) is 2.92. The molecule has 1 N–H and O–H groups in total. The Morgan fingerprint density at radius 1 is 1.19 bits per heavy atom. The van der Waals surface area contributed by atoms with E-state index in [1.807, 2.05) is 54.4 Å². The molecule has 27 heavy (non-hydrogen) atoms. The SMILES string of the molecule is CC(c1ccccc1)N(C)CC(=O)Nc1ccnn1Cc1cccc(Cl)c1. The fourth-order valence-corrected chi connectivity index (χ4v) is 3.12. The minimum Gasteiger partial charge on any atom is -0.310 e. The fraction of sp³-hybridized carbons (Fsp3) is 0.238. The molecular weight excluding hydrogens is 360 g/mol. The van der Waals surface area contributed by atoms with Gasteiger partial charge in [0.05, 0.1) is 19.3 Å². The molecule has 140 valence electrons. The van der Waals surface area contributed by atoms with Crippen LogP contribution in [0, 0.1) is 0 Å². The molecule has 1 amide bonds. The molecule has 0 radical (unpaired) electrons. The van der Waals surface area contributed by atoms with Gasteiger partial charge in [-0.2, -0.15) is 5.10 Å². The largest absolute Gasteiger partial charge is 0.310 e. The van der Waals surface area contributed by atoms with Gasteiger partial charge in [-0.3, -0.25) is 9.69 Å². The highest BCUT2D eigenvalue weighted by Gasteiger charge is 2.16. The van der Waals surface area contributed by atoms with E-state index in [2.05, 4.69) is 29.5 Å². The van der Waals surface area contributed by atoms with Gasteiger partial charge in [-0.05, 0) is 37.2 Å². The average Bonchev–Trinajstić information content (AvgIpc) is 3.08. The van der Waals surface area contributed by atoms with E-state index in [9.17, 15) is 4.79 Å². The smallest absolute Gasteiger partial charge is 0.239 e. The molecule has 2 aromatic carbocycles. The van der Waals surface area contributed by atoms with Gasteiger partial charge in [0, 0.05) is 17.1 Å². The van der Waals surface area contributed by atoms with Gasteiger partial charge in [0.2, 0.25) is 5.91 Å². The molecule has 0 fully saturated rings.